The van der Waals surface area contributed by atoms with Crippen molar-refractivity contribution < 1.29 is 19.4 Å². The number of ether oxygens (including phenoxy) is 1. The van der Waals surface area contributed by atoms with Crippen LogP contribution in [0.1, 0.15) is 30.6 Å². The van der Waals surface area contributed by atoms with Crippen LogP contribution < -0.4 is 10.1 Å². The first kappa shape index (κ1) is 15.7. The molecule has 0 saturated heterocycles. The summed E-state index contributed by atoms with van der Waals surface area (Å²) in [6.45, 7) is 3.67. The van der Waals surface area contributed by atoms with E-state index < -0.39 is 5.97 Å². The molecular weight excluding hydrogens is 361 g/mol. The van der Waals surface area contributed by atoms with E-state index in [1.807, 2.05) is 36.4 Å². The van der Waals surface area contributed by atoms with Crippen LogP contribution in [0.15, 0.2) is 18.2 Å². The third kappa shape index (κ3) is 5.06. The first-order valence-corrected chi connectivity index (χ1v) is 6.97. The van der Waals surface area contributed by atoms with E-state index in [4.69, 9.17) is 9.84 Å². The maximum absolute atomic E-state index is 11.5. The lowest BCUT2D eigenvalue weighted by atomic mass is 10.2. The van der Waals surface area contributed by atoms with E-state index in [9.17, 15) is 9.59 Å². The molecular formula is C13H16INO4. The number of carbonyl (C=O) groups excluding carboxylic acids is 1. The molecule has 0 aliphatic carbocycles. The Bertz CT molecular complexity index is 476. The molecule has 0 aromatic heterocycles. The third-order valence-electron chi connectivity index (χ3n) is 2.55. The number of amides is 1. The first-order valence-electron chi connectivity index (χ1n) is 5.89. The van der Waals surface area contributed by atoms with Gasteiger partial charge in [0.1, 0.15) is 11.3 Å². The van der Waals surface area contributed by atoms with Crippen molar-refractivity contribution in [1.82, 2.24) is 5.32 Å². The van der Waals surface area contributed by atoms with E-state index >= 15 is 0 Å². The SMILES string of the molecule is CCC(C)NC(=O)COc1ccc(I)cc1C(=O)O. The van der Waals surface area contributed by atoms with Gasteiger partial charge in [0, 0.05) is 9.61 Å². The minimum atomic E-state index is -1.07. The summed E-state index contributed by atoms with van der Waals surface area (Å²) >= 11 is 2.02. The Morgan fingerprint density at radius 1 is 1.47 bits per heavy atom. The molecule has 0 bridgehead atoms. The maximum Gasteiger partial charge on any atom is 0.339 e. The second kappa shape index (κ2) is 7.32. The van der Waals surface area contributed by atoms with Crippen LogP contribution in [0.4, 0.5) is 0 Å². The van der Waals surface area contributed by atoms with Crippen molar-refractivity contribution in [3.05, 3.63) is 27.3 Å². The lowest BCUT2D eigenvalue weighted by molar-refractivity contribution is -0.123. The summed E-state index contributed by atoms with van der Waals surface area (Å²) < 4.78 is 6.06. The minimum absolute atomic E-state index is 0.0586. The number of nitrogens with one attached hydrogen (secondary N) is 1. The van der Waals surface area contributed by atoms with Crippen molar-refractivity contribution in [3.8, 4) is 5.75 Å². The molecule has 1 aromatic rings. The number of carboxylic acids is 1. The quantitative estimate of drug-likeness (QED) is 0.746. The molecule has 0 spiro atoms. The fourth-order valence-electron chi connectivity index (χ4n) is 1.36. The first-order chi connectivity index (χ1) is 8.93. The highest BCUT2D eigenvalue weighted by atomic mass is 127. The van der Waals surface area contributed by atoms with Crippen LogP contribution in [0.3, 0.4) is 0 Å². The van der Waals surface area contributed by atoms with Gasteiger partial charge in [0.25, 0.3) is 5.91 Å². The number of hydrogen-bond acceptors (Lipinski definition) is 3. The molecule has 1 atom stereocenters. The highest BCUT2D eigenvalue weighted by Crippen LogP contribution is 2.21. The lowest BCUT2D eigenvalue weighted by Crippen LogP contribution is -2.35. The van der Waals surface area contributed by atoms with Gasteiger partial charge >= 0.3 is 5.97 Å². The lowest BCUT2D eigenvalue weighted by Gasteiger charge is -2.13. The van der Waals surface area contributed by atoms with Crippen molar-refractivity contribution in [2.75, 3.05) is 6.61 Å². The number of benzene rings is 1. The van der Waals surface area contributed by atoms with Crippen molar-refractivity contribution in [1.29, 1.82) is 0 Å². The molecule has 1 amide bonds. The van der Waals surface area contributed by atoms with E-state index in [0.29, 0.717) is 0 Å². The predicted octanol–water partition coefficient (Wildman–Crippen LogP) is 2.28. The summed E-state index contributed by atoms with van der Waals surface area (Å²) in [5.74, 6) is -1.13. The molecule has 0 fully saturated rings. The topological polar surface area (TPSA) is 75.6 Å². The van der Waals surface area contributed by atoms with Gasteiger partial charge in [0.05, 0.1) is 0 Å². The molecule has 0 radical (unpaired) electrons. The van der Waals surface area contributed by atoms with Gasteiger partial charge in [0.15, 0.2) is 6.61 Å². The number of hydrogen-bond donors (Lipinski definition) is 2. The zero-order valence-corrected chi connectivity index (χ0v) is 12.9. The molecule has 2 N–H and O–H groups in total. The van der Waals surface area contributed by atoms with Crippen molar-refractivity contribution in [2.24, 2.45) is 0 Å². The Hall–Kier alpha value is -1.31. The fourth-order valence-corrected chi connectivity index (χ4v) is 1.85. The van der Waals surface area contributed by atoms with E-state index in [1.165, 1.54) is 6.07 Å². The van der Waals surface area contributed by atoms with Gasteiger partial charge < -0.3 is 15.2 Å². The Balaban J connectivity index is 2.67. The van der Waals surface area contributed by atoms with Crippen LogP contribution in [-0.4, -0.2) is 29.6 Å². The monoisotopic (exact) mass is 377 g/mol. The molecule has 1 aromatic carbocycles. The highest BCUT2D eigenvalue weighted by molar-refractivity contribution is 14.1. The summed E-state index contributed by atoms with van der Waals surface area (Å²) in [5.41, 5.74) is 0.0586. The molecule has 0 heterocycles. The van der Waals surface area contributed by atoms with Gasteiger partial charge in [-0.2, -0.15) is 0 Å². The van der Waals surface area contributed by atoms with E-state index in [0.717, 1.165) is 9.99 Å². The van der Waals surface area contributed by atoms with Crippen LogP contribution in [0.25, 0.3) is 0 Å². The van der Waals surface area contributed by atoms with Crippen molar-refractivity contribution in [2.45, 2.75) is 26.3 Å². The van der Waals surface area contributed by atoms with Gasteiger partial charge in [-0.15, -0.1) is 0 Å². The zero-order chi connectivity index (χ0) is 14.4. The van der Waals surface area contributed by atoms with Crippen molar-refractivity contribution in [3.63, 3.8) is 0 Å². The van der Waals surface area contributed by atoms with Crippen LogP contribution in [0, 0.1) is 3.57 Å². The average molecular weight is 377 g/mol. The number of carboxylic acid groups (broad SMARTS) is 1. The molecule has 1 unspecified atom stereocenters. The highest BCUT2D eigenvalue weighted by Gasteiger charge is 2.13. The molecule has 104 valence electrons. The fraction of sp³-hybridized carbons (Fsp3) is 0.385. The zero-order valence-electron chi connectivity index (χ0n) is 10.8. The second-order valence-corrected chi connectivity index (χ2v) is 5.36. The Morgan fingerprint density at radius 3 is 2.74 bits per heavy atom. The van der Waals surface area contributed by atoms with E-state index in [2.05, 4.69) is 5.32 Å². The van der Waals surface area contributed by atoms with E-state index in [1.54, 1.807) is 12.1 Å². The van der Waals surface area contributed by atoms with Gasteiger partial charge in [0.2, 0.25) is 0 Å². The molecule has 0 saturated carbocycles. The third-order valence-corrected chi connectivity index (χ3v) is 3.22. The largest absolute Gasteiger partial charge is 0.483 e. The summed E-state index contributed by atoms with van der Waals surface area (Å²) in [6, 6.07) is 4.87. The Kier molecular flexibility index (Phi) is 6.07. The van der Waals surface area contributed by atoms with Crippen LogP contribution in [0.2, 0.25) is 0 Å². The maximum atomic E-state index is 11.5. The molecule has 5 nitrogen and oxygen atoms in total. The number of aromatic carboxylic acids is 1. The van der Waals surface area contributed by atoms with Crippen LogP contribution in [-0.2, 0) is 4.79 Å². The molecule has 6 heteroatoms. The predicted molar refractivity (Wildman–Crippen MR) is 79.5 cm³/mol. The number of rotatable bonds is 6. The molecule has 0 aliphatic rings. The van der Waals surface area contributed by atoms with E-state index in [-0.39, 0.29) is 29.9 Å². The van der Waals surface area contributed by atoms with Crippen LogP contribution >= 0.6 is 22.6 Å². The second-order valence-electron chi connectivity index (χ2n) is 4.11. The van der Waals surface area contributed by atoms with Gasteiger partial charge in [-0.1, -0.05) is 6.92 Å². The summed E-state index contributed by atoms with van der Waals surface area (Å²) in [5, 5.41) is 11.8. The Labute approximate surface area is 125 Å². The van der Waals surface area contributed by atoms with Crippen molar-refractivity contribution >= 4 is 34.5 Å². The average Bonchev–Trinajstić information content (AvgIpc) is 2.36. The van der Waals surface area contributed by atoms with Crippen LogP contribution in [0.5, 0.6) is 5.75 Å². The van der Waals surface area contributed by atoms with Gasteiger partial charge in [-0.3, -0.25) is 4.79 Å². The summed E-state index contributed by atoms with van der Waals surface area (Å²) in [6.07, 6.45) is 0.829. The minimum Gasteiger partial charge on any atom is -0.483 e. The summed E-state index contributed by atoms with van der Waals surface area (Å²) in [7, 11) is 0. The normalized spacial score (nSPS) is 11.7. The Morgan fingerprint density at radius 2 is 2.16 bits per heavy atom. The molecule has 1 rings (SSSR count). The molecule has 0 aliphatic heterocycles. The smallest absolute Gasteiger partial charge is 0.339 e. The summed E-state index contributed by atoms with van der Waals surface area (Å²) in [4.78, 5) is 22.6. The van der Waals surface area contributed by atoms with Gasteiger partial charge in [-0.05, 0) is 54.1 Å². The standard InChI is InChI=1S/C13H16INO4/c1-3-8(2)15-12(16)7-19-11-5-4-9(14)6-10(11)13(17)18/h4-6,8H,3,7H2,1-2H3,(H,15,16)(H,17,18). The van der Waals surface area contributed by atoms with Gasteiger partial charge in [-0.25, -0.2) is 4.79 Å². The molecule has 19 heavy (non-hydrogen) atoms. The number of carbonyl (C=O) groups is 2. The number of halogens is 1.